The van der Waals surface area contributed by atoms with Crippen LogP contribution in [0.3, 0.4) is 0 Å². The summed E-state index contributed by atoms with van der Waals surface area (Å²) in [6.07, 6.45) is 1.58. The summed E-state index contributed by atoms with van der Waals surface area (Å²) in [6.45, 7) is 7.01. The highest BCUT2D eigenvalue weighted by Crippen LogP contribution is 2.20. The molecule has 0 bridgehead atoms. The Morgan fingerprint density at radius 2 is 2.27 bits per heavy atom. The Labute approximate surface area is 90.3 Å². The van der Waals surface area contributed by atoms with Gasteiger partial charge >= 0.3 is 0 Å². The normalized spacial score (nSPS) is 10.1. The van der Waals surface area contributed by atoms with Crippen LogP contribution < -0.4 is 10.6 Å². The van der Waals surface area contributed by atoms with Crippen LogP contribution in [0.4, 0.5) is 11.5 Å². The summed E-state index contributed by atoms with van der Waals surface area (Å²) in [5, 5.41) is 9.00. The molecule has 1 rings (SSSR count). The molecular weight excluding hydrogens is 188 g/mol. The molecule has 2 N–H and O–H groups in total. The van der Waals surface area contributed by atoms with Gasteiger partial charge in [0.2, 0.25) is 0 Å². The van der Waals surface area contributed by atoms with Gasteiger partial charge in [-0.15, -0.1) is 0 Å². The molecule has 1 aromatic heterocycles. The topological polar surface area (TPSA) is 65.9 Å². The first-order valence-electron chi connectivity index (χ1n) is 5.02. The van der Waals surface area contributed by atoms with Crippen molar-refractivity contribution in [3.63, 3.8) is 0 Å². The molecule has 4 heteroatoms. The van der Waals surface area contributed by atoms with Gasteiger partial charge in [-0.3, -0.25) is 0 Å². The van der Waals surface area contributed by atoms with E-state index in [4.69, 9.17) is 11.0 Å². The monoisotopic (exact) mass is 204 g/mol. The van der Waals surface area contributed by atoms with Gasteiger partial charge in [0, 0.05) is 12.6 Å². The maximum atomic E-state index is 9.00. The Hall–Kier alpha value is -1.76. The first-order valence-corrected chi connectivity index (χ1v) is 5.02. The zero-order valence-corrected chi connectivity index (χ0v) is 9.36. The van der Waals surface area contributed by atoms with Gasteiger partial charge in [-0.25, -0.2) is 4.98 Å². The number of nitriles is 1. The molecule has 0 aliphatic heterocycles. The highest BCUT2D eigenvalue weighted by molar-refractivity contribution is 5.59. The molecule has 4 nitrogen and oxygen atoms in total. The zero-order chi connectivity index (χ0) is 11.4. The SMILES string of the molecule is CCN(c1ncc(N)cc1C#N)C(C)C. The van der Waals surface area contributed by atoms with E-state index in [0.29, 0.717) is 23.1 Å². The van der Waals surface area contributed by atoms with Gasteiger partial charge in [-0.2, -0.15) is 5.26 Å². The van der Waals surface area contributed by atoms with Gasteiger partial charge in [-0.05, 0) is 26.8 Å². The van der Waals surface area contributed by atoms with Crippen LogP contribution in [0.1, 0.15) is 26.3 Å². The van der Waals surface area contributed by atoms with Crippen molar-refractivity contribution < 1.29 is 0 Å². The molecule has 15 heavy (non-hydrogen) atoms. The third kappa shape index (κ3) is 2.38. The molecule has 0 atom stereocenters. The Kier molecular flexibility index (Phi) is 3.51. The first kappa shape index (κ1) is 11.3. The lowest BCUT2D eigenvalue weighted by Gasteiger charge is -2.26. The van der Waals surface area contributed by atoms with Gasteiger partial charge in [0.25, 0.3) is 0 Å². The number of rotatable bonds is 3. The van der Waals surface area contributed by atoms with Crippen LogP contribution in [0.15, 0.2) is 12.3 Å². The van der Waals surface area contributed by atoms with E-state index in [1.54, 1.807) is 12.3 Å². The third-order valence-electron chi connectivity index (χ3n) is 2.24. The van der Waals surface area contributed by atoms with Crippen molar-refractivity contribution in [3.05, 3.63) is 17.8 Å². The van der Waals surface area contributed by atoms with Gasteiger partial charge in [0.1, 0.15) is 11.9 Å². The fourth-order valence-electron chi connectivity index (χ4n) is 1.54. The quantitative estimate of drug-likeness (QED) is 0.814. The van der Waals surface area contributed by atoms with E-state index in [1.807, 2.05) is 6.92 Å². The predicted molar refractivity (Wildman–Crippen MR) is 61.5 cm³/mol. The van der Waals surface area contributed by atoms with Gasteiger partial charge in [0.05, 0.1) is 17.4 Å². The van der Waals surface area contributed by atoms with Crippen LogP contribution in [0, 0.1) is 11.3 Å². The van der Waals surface area contributed by atoms with Crippen LogP contribution in [0.2, 0.25) is 0 Å². The number of nitrogens with zero attached hydrogens (tertiary/aromatic N) is 3. The van der Waals surface area contributed by atoms with E-state index < -0.39 is 0 Å². The fourth-order valence-corrected chi connectivity index (χ4v) is 1.54. The number of anilines is 2. The molecule has 0 aliphatic carbocycles. The molecule has 0 unspecified atom stereocenters. The van der Waals surface area contributed by atoms with Gasteiger partial charge < -0.3 is 10.6 Å². The minimum atomic E-state index is 0.318. The largest absolute Gasteiger partial charge is 0.397 e. The molecule has 0 aromatic carbocycles. The second kappa shape index (κ2) is 4.65. The van der Waals surface area contributed by atoms with Crippen LogP contribution in [-0.4, -0.2) is 17.6 Å². The van der Waals surface area contributed by atoms with E-state index in [9.17, 15) is 0 Å². The molecule has 0 amide bonds. The molecule has 0 spiro atoms. The Morgan fingerprint density at radius 1 is 1.60 bits per heavy atom. The summed E-state index contributed by atoms with van der Waals surface area (Å²) >= 11 is 0. The summed E-state index contributed by atoms with van der Waals surface area (Å²) in [6, 6.07) is 4.10. The summed E-state index contributed by atoms with van der Waals surface area (Å²) in [7, 11) is 0. The van der Waals surface area contributed by atoms with Crippen LogP contribution in [0.25, 0.3) is 0 Å². The van der Waals surface area contributed by atoms with Crippen LogP contribution in [0.5, 0.6) is 0 Å². The van der Waals surface area contributed by atoms with Crippen molar-refractivity contribution in [2.75, 3.05) is 17.2 Å². The number of hydrogen-bond donors (Lipinski definition) is 1. The van der Waals surface area contributed by atoms with Crippen molar-refractivity contribution in [3.8, 4) is 6.07 Å². The third-order valence-corrected chi connectivity index (χ3v) is 2.24. The van der Waals surface area contributed by atoms with Crippen molar-refractivity contribution in [1.29, 1.82) is 5.26 Å². The maximum Gasteiger partial charge on any atom is 0.146 e. The summed E-state index contributed by atoms with van der Waals surface area (Å²) in [4.78, 5) is 6.29. The van der Waals surface area contributed by atoms with Crippen molar-refractivity contribution in [1.82, 2.24) is 4.98 Å². The lowest BCUT2D eigenvalue weighted by molar-refractivity contribution is 0.692. The maximum absolute atomic E-state index is 9.00. The minimum absolute atomic E-state index is 0.318. The molecular formula is C11H16N4. The number of aromatic nitrogens is 1. The van der Waals surface area contributed by atoms with Crippen molar-refractivity contribution in [2.24, 2.45) is 0 Å². The Bertz CT molecular complexity index is 379. The summed E-state index contributed by atoms with van der Waals surface area (Å²) < 4.78 is 0. The average Bonchev–Trinajstić information content (AvgIpc) is 2.20. The lowest BCUT2D eigenvalue weighted by atomic mass is 10.2. The second-order valence-corrected chi connectivity index (χ2v) is 3.63. The molecule has 0 aliphatic rings. The highest BCUT2D eigenvalue weighted by Gasteiger charge is 2.14. The number of hydrogen-bond acceptors (Lipinski definition) is 4. The second-order valence-electron chi connectivity index (χ2n) is 3.63. The molecule has 0 saturated heterocycles. The zero-order valence-electron chi connectivity index (χ0n) is 9.36. The predicted octanol–water partition coefficient (Wildman–Crippen LogP) is 1.77. The lowest BCUT2D eigenvalue weighted by Crippen LogP contribution is -2.31. The van der Waals surface area contributed by atoms with E-state index >= 15 is 0 Å². The molecule has 80 valence electrons. The average molecular weight is 204 g/mol. The van der Waals surface area contributed by atoms with Crippen molar-refractivity contribution in [2.45, 2.75) is 26.8 Å². The molecule has 0 fully saturated rings. The van der Waals surface area contributed by atoms with E-state index in [0.717, 1.165) is 6.54 Å². The summed E-state index contributed by atoms with van der Waals surface area (Å²) in [5.41, 5.74) is 6.64. The Balaban J connectivity index is 3.18. The van der Waals surface area contributed by atoms with Crippen molar-refractivity contribution >= 4 is 11.5 Å². The Morgan fingerprint density at radius 3 is 2.73 bits per heavy atom. The molecule has 0 radical (unpaired) electrons. The molecule has 0 saturated carbocycles. The fraction of sp³-hybridized carbons (Fsp3) is 0.455. The number of nitrogen functional groups attached to an aromatic ring is 1. The van der Waals surface area contributed by atoms with Crippen LogP contribution >= 0.6 is 0 Å². The minimum Gasteiger partial charge on any atom is -0.397 e. The van der Waals surface area contributed by atoms with E-state index in [-0.39, 0.29) is 0 Å². The van der Waals surface area contributed by atoms with Crippen LogP contribution in [-0.2, 0) is 0 Å². The summed E-state index contributed by atoms with van der Waals surface area (Å²) in [5.74, 6) is 0.712. The standard InChI is InChI=1S/C11H16N4/c1-4-15(8(2)3)11-9(6-12)5-10(13)7-14-11/h5,7-8H,4,13H2,1-3H3. The smallest absolute Gasteiger partial charge is 0.146 e. The van der Waals surface area contributed by atoms with Gasteiger partial charge in [0.15, 0.2) is 0 Å². The highest BCUT2D eigenvalue weighted by atomic mass is 15.2. The van der Waals surface area contributed by atoms with E-state index in [1.165, 1.54) is 0 Å². The van der Waals surface area contributed by atoms with Gasteiger partial charge in [-0.1, -0.05) is 0 Å². The molecule has 1 heterocycles. The van der Waals surface area contributed by atoms with E-state index in [2.05, 4.69) is 29.8 Å². The number of nitrogens with two attached hydrogens (primary N) is 1. The first-order chi connectivity index (χ1) is 7.10. The number of pyridine rings is 1. The molecule has 1 aromatic rings.